The van der Waals surface area contributed by atoms with E-state index in [0.717, 1.165) is 0 Å². The lowest BCUT2D eigenvalue weighted by atomic mass is 10.00. The number of carbonyl (C=O) groups excluding carboxylic acids is 2. The molecule has 0 N–H and O–H groups in total. The Balaban J connectivity index is 3.15. The van der Waals surface area contributed by atoms with Crippen molar-refractivity contribution in [3.8, 4) is 0 Å². The molecule has 0 amide bonds. The van der Waals surface area contributed by atoms with Crippen molar-refractivity contribution in [2.75, 3.05) is 6.61 Å². The van der Waals surface area contributed by atoms with Gasteiger partial charge < -0.3 is 4.74 Å². The highest BCUT2D eigenvalue weighted by Gasteiger charge is 2.17. The lowest BCUT2D eigenvalue weighted by Gasteiger charge is -2.07. The zero-order valence-electron chi connectivity index (χ0n) is 9.45. The van der Waals surface area contributed by atoms with Crippen LogP contribution in [-0.2, 0) is 4.74 Å². The molecule has 0 aliphatic carbocycles. The number of carbonyl (C=O) groups is 2. The predicted molar refractivity (Wildman–Crippen MR) is 61.5 cm³/mol. The first kappa shape index (κ1) is 12.2. The van der Waals surface area contributed by atoms with Crippen LogP contribution in [0.5, 0.6) is 0 Å². The highest BCUT2D eigenvalue weighted by atomic mass is 16.5. The second-order valence-electron chi connectivity index (χ2n) is 3.38. The van der Waals surface area contributed by atoms with Gasteiger partial charge in [-0.3, -0.25) is 4.79 Å². The summed E-state index contributed by atoms with van der Waals surface area (Å²) in [7, 11) is 0. The third-order valence-corrected chi connectivity index (χ3v) is 2.05. The largest absolute Gasteiger partial charge is 0.462 e. The number of hydrogen-bond acceptors (Lipinski definition) is 3. The van der Waals surface area contributed by atoms with Crippen LogP contribution in [-0.4, -0.2) is 18.4 Å². The van der Waals surface area contributed by atoms with E-state index in [2.05, 4.69) is 6.58 Å². The predicted octanol–water partition coefficient (Wildman–Crippen LogP) is 2.62. The summed E-state index contributed by atoms with van der Waals surface area (Å²) in [6.07, 6.45) is 0. The van der Waals surface area contributed by atoms with E-state index >= 15 is 0 Å². The van der Waals surface area contributed by atoms with Crippen LogP contribution in [0.4, 0.5) is 0 Å². The second kappa shape index (κ2) is 5.26. The molecule has 0 aliphatic heterocycles. The fraction of sp³-hybridized carbons (Fsp3) is 0.231. The maximum atomic E-state index is 11.8. The van der Waals surface area contributed by atoms with Crippen LogP contribution < -0.4 is 0 Å². The zero-order chi connectivity index (χ0) is 12.1. The Bertz CT molecular complexity index is 433. The van der Waals surface area contributed by atoms with Crippen LogP contribution in [0.25, 0.3) is 0 Å². The molecule has 0 aromatic heterocycles. The Morgan fingerprint density at radius 1 is 1.25 bits per heavy atom. The molecule has 0 atom stereocenters. The van der Waals surface area contributed by atoms with Gasteiger partial charge in [-0.2, -0.15) is 0 Å². The average Bonchev–Trinajstić information content (AvgIpc) is 2.28. The summed E-state index contributed by atoms with van der Waals surface area (Å²) in [6, 6.07) is 6.58. The zero-order valence-corrected chi connectivity index (χ0v) is 9.45. The highest BCUT2D eigenvalue weighted by molar-refractivity contribution is 6.13. The number of allylic oxidation sites excluding steroid dienone is 1. The molecule has 0 radical (unpaired) electrons. The fourth-order valence-corrected chi connectivity index (χ4v) is 1.30. The molecule has 3 heteroatoms. The molecule has 0 saturated carbocycles. The molecule has 0 unspecified atom stereocenters. The van der Waals surface area contributed by atoms with Gasteiger partial charge in [-0.25, -0.2) is 4.79 Å². The highest BCUT2D eigenvalue weighted by Crippen LogP contribution is 2.14. The molecule has 1 aromatic carbocycles. The Kier molecular flexibility index (Phi) is 4.00. The summed E-state index contributed by atoms with van der Waals surface area (Å²) in [5.74, 6) is -0.712. The lowest BCUT2D eigenvalue weighted by Crippen LogP contribution is -2.12. The number of rotatable bonds is 4. The molecule has 1 aromatic rings. The standard InChI is InChI=1S/C13H14O3/c1-4-16-13(15)11-8-6-5-7-10(11)12(14)9(2)3/h5-8H,2,4H2,1,3H3. The molecular formula is C13H14O3. The minimum atomic E-state index is -0.479. The monoisotopic (exact) mass is 218 g/mol. The van der Waals surface area contributed by atoms with Crippen molar-refractivity contribution >= 4 is 11.8 Å². The van der Waals surface area contributed by atoms with E-state index in [1.165, 1.54) is 0 Å². The molecule has 0 aliphatic rings. The van der Waals surface area contributed by atoms with Crippen LogP contribution in [0.3, 0.4) is 0 Å². The van der Waals surface area contributed by atoms with Gasteiger partial charge >= 0.3 is 5.97 Å². The van der Waals surface area contributed by atoms with Gasteiger partial charge in [0.05, 0.1) is 12.2 Å². The maximum Gasteiger partial charge on any atom is 0.338 e. The Hall–Kier alpha value is -1.90. The molecule has 84 valence electrons. The van der Waals surface area contributed by atoms with Crippen LogP contribution in [0.2, 0.25) is 0 Å². The summed E-state index contributed by atoms with van der Waals surface area (Å²) < 4.78 is 4.88. The lowest BCUT2D eigenvalue weighted by molar-refractivity contribution is 0.0523. The number of hydrogen-bond donors (Lipinski definition) is 0. The van der Waals surface area contributed by atoms with Gasteiger partial charge in [0.2, 0.25) is 0 Å². The molecule has 0 spiro atoms. The van der Waals surface area contributed by atoms with Crippen molar-refractivity contribution in [3.05, 3.63) is 47.5 Å². The van der Waals surface area contributed by atoms with Gasteiger partial charge in [0.1, 0.15) is 0 Å². The quantitative estimate of drug-likeness (QED) is 0.443. The van der Waals surface area contributed by atoms with Gasteiger partial charge in [0.15, 0.2) is 5.78 Å². The van der Waals surface area contributed by atoms with Crippen molar-refractivity contribution in [1.82, 2.24) is 0 Å². The maximum absolute atomic E-state index is 11.8. The minimum absolute atomic E-state index is 0.233. The number of benzene rings is 1. The number of Topliss-reactive ketones (excluding diaryl/α,β-unsaturated/α-hetero) is 1. The van der Waals surface area contributed by atoms with Gasteiger partial charge in [-0.15, -0.1) is 0 Å². The summed E-state index contributed by atoms with van der Waals surface area (Å²) in [5.41, 5.74) is 1.03. The van der Waals surface area contributed by atoms with Gasteiger partial charge in [0.25, 0.3) is 0 Å². The van der Waals surface area contributed by atoms with Gasteiger partial charge in [-0.05, 0) is 25.5 Å². The fourth-order valence-electron chi connectivity index (χ4n) is 1.30. The van der Waals surface area contributed by atoms with Crippen molar-refractivity contribution < 1.29 is 14.3 Å². The first-order valence-electron chi connectivity index (χ1n) is 5.04. The van der Waals surface area contributed by atoms with E-state index in [1.807, 2.05) is 0 Å². The normalized spacial score (nSPS) is 9.62. The molecule has 0 bridgehead atoms. The van der Waals surface area contributed by atoms with E-state index in [0.29, 0.717) is 11.1 Å². The number of ether oxygens (including phenoxy) is 1. The van der Waals surface area contributed by atoms with E-state index in [-0.39, 0.29) is 18.0 Å². The van der Waals surface area contributed by atoms with Crippen LogP contribution in [0.1, 0.15) is 34.6 Å². The summed E-state index contributed by atoms with van der Waals surface area (Å²) in [6.45, 7) is 7.20. The minimum Gasteiger partial charge on any atom is -0.462 e. The molecule has 3 nitrogen and oxygen atoms in total. The molecule has 0 fully saturated rings. The first-order chi connectivity index (χ1) is 7.57. The van der Waals surface area contributed by atoms with Crippen LogP contribution >= 0.6 is 0 Å². The van der Waals surface area contributed by atoms with Gasteiger partial charge in [0, 0.05) is 5.56 Å². The SMILES string of the molecule is C=C(C)C(=O)c1ccccc1C(=O)OCC. The van der Waals surface area contributed by atoms with E-state index < -0.39 is 5.97 Å². The van der Waals surface area contributed by atoms with Crippen LogP contribution in [0.15, 0.2) is 36.4 Å². The molecular weight excluding hydrogens is 204 g/mol. The second-order valence-corrected chi connectivity index (χ2v) is 3.38. The Morgan fingerprint density at radius 2 is 1.81 bits per heavy atom. The molecule has 0 heterocycles. The van der Waals surface area contributed by atoms with E-state index in [4.69, 9.17) is 4.74 Å². The first-order valence-corrected chi connectivity index (χ1v) is 5.04. The smallest absolute Gasteiger partial charge is 0.338 e. The molecule has 0 saturated heterocycles. The Morgan fingerprint density at radius 3 is 2.31 bits per heavy atom. The van der Waals surface area contributed by atoms with Crippen molar-refractivity contribution in [3.63, 3.8) is 0 Å². The molecule has 16 heavy (non-hydrogen) atoms. The van der Waals surface area contributed by atoms with Crippen LogP contribution in [0, 0.1) is 0 Å². The summed E-state index contributed by atoms with van der Waals surface area (Å²) >= 11 is 0. The van der Waals surface area contributed by atoms with Crippen molar-refractivity contribution in [2.45, 2.75) is 13.8 Å². The Labute approximate surface area is 94.7 Å². The van der Waals surface area contributed by atoms with Crippen molar-refractivity contribution in [1.29, 1.82) is 0 Å². The topological polar surface area (TPSA) is 43.4 Å². The van der Waals surface area contributed by atoms with Gasteiger partial charge in [-0.1, -0.05) is 24.8 Å². The summed E-state index contributed by atoms with van der Waals surface area (Å²) in [5, 5.41) is 0. The average molecular weight is 218 g/mol. The molecule has 1 rings (SSSR count). The van der Waals surface area contributed by atoms with Crippen molar-refractivity contribution in [2.24, 2.45) is 0 Å². The third kappa shape index (κ3) is 2.57. The third-order valence-electron chi connectivity index (χ3n) is 2.05. The van der Waals surface area contributed by atoms with E-state index in [9.17, 15) is 9.59 Å². The summed E-state index contributed by atoms with van der Waals surface area (Å²) in [4.78, 5) is 23.4. The number of ketones is 1. The number of esters is 1. The van der Waals surface area contributed by atoms with E-state index in [1.54, 1.807) is 38.1 Å².